The zero-order chi connectivity index (χ0) is 20.2. The molecule has 0 spiro atoms. The number of hydrogen-bond acceptors (Lipinski definition) is 4. The molecule has 0 saturated heterocycles. The average molecular weight is 410 g/mol. The van der Waals surface area contributed by atoms with Crippen molar-refractivity contribution in [3.8, 4) is 6.07 Å². The third kappa shape index (κ3) is 5.04. The molecule has 1 unspecified atom stereocenters. The molecule has 142 valence electrons. The first kappa shape index (κ1) is 20.8. The van der Waals surface area contributed by atoms with E-state index < -0.39 is 27.8 Å². The molecular weight excluding hydrogens is 393 g/mol. The van der Waals surface area contributed by atoms with E-state index in [4.69, 9.17) is 11.6 Å². The number of hydrogen-bond donors (Lipinski definition) is 2. The van der Waals surface area contributed by atoms with Gasteiger partial charge in [-0.3, -0.25) is 4.79 Å². The summed E-state index contributed by atoms with van der Waals surface area (Å²) in [6.07, 6.45) is 0. The van der Waals surface area contributed by atoms with Crippen molar-refractivity contribution in [1.82, 2.24) is 10.0 Å². The normalized spacial score (nSPS) is 12.4. The van der Waals surface area contributed by atoms with Crippen LogP contribution in [0.3, 0.4) is 0 Å². The molecule has 27 heavy (non-hydrogen) atoms. The fourth-order valence-electron chi connectivity index (χ4n) is 2.32. The molecule has 1 atom stereocenters. The molecule has 9 heteroatoms. The monoisotopic (exact) mass is 409 g/mol. The largest absolute Gasteiger partial charge is 0.332 e. The lowest BCUT2D eigenvalue weighted by Crippen LogP contribution is -2.31. The fourth-order valence-corrected chi connectivity index (χ4v) is 3.80. The van der Waals surface area contributed by atoms with Crippen LogP contribution in [0.15, 0.2) is 47.4 Å². The number of carbonyl (C=O) groups excluding carboxylic acids is 1. The minimum absolute atomic E-state index is 0.00113. The van der Waals surface area contributed by atoms with Crippen LogP contribution in [0.1, 0.15) is 35.8 Å². The van der Waals surface area contributed by atoms with Crippen LogP contribution < -0.4 is 10.0 Å². The highest BCUT2D eigenvalue weighted by molar-refractivity contribution is 7.89. The van der Waals surface area contributed by atoms with Gasteiger partial charge in [0.05, 0.1) is 21.6 Å². The maximum Gasteiger partial charge on any atom is 0.254 e. The van der Waals surface area contributed by atoms with Gasteiger partial charge in [-0.25, -0.2) is 17.5 Å². The van der Waals surface area contributed by atoms with Crippen LogP contribution in [0, 0.1) is 17.1 Å². The molecular formula is C18H17ClFN3O3S. The molecule has 0 aromatic heterocycles. The summed E-state index contributed by atoms with van der Waals surface area (Å²) in [5.74, 6) is -1.44. The molecule has 0 radical (unpaired) electrons. The molecule has 2 N–H and O–H groups in total. The van der Waals surface area contributed by atoms with Gasteiger partial charge in [-0.05, 0) is 38.1 Å². The number of carbonyl (C=O) groups is 1. The van der Waals surface area contributed by atoms with Gasteiger partial charge in [0.2, 0.25) is 10.0 Å². The highest BCUT2D eigenvalue weighted by Crippen LogP contribution is 2.23. The third-order valence-electron chi connectivity index (χ3n) is 3.50. The van der Waals surface area contributed by atoms with E-state index in [0.29, 0.717) is 0 Å². The van der Waals surface area contributed by atoms with Gasteiger partial charge in [0.25, 0.3) is 5.91 Å². The number of nitrogens with zero attached hydrogens (tertiary/aromatic N) is 1. The summed E-state index contributed by atoms with van der Waals surface area (Å²) in [6, 6.07) is 9.39. The van der Waals surface area contributed by atoms with Crippen LogP contribution in [0.4, 0.5) is 4.39 Å². The summed E-state index contributed by atoms with van der Waals surface area (Å²) in [6.45, 7) is 3.32. The van der Waals surface area contributed by atoms with Crippen molar-refractivity contribution < 1.29 is 17.6 Å². The lowest BCUT2D eigenvalue weighted by Gasteiger charge is -2.15. The van der Waals surface area contributed by atoms with Crippen LogP contribution in [-0.2, 0) is 10.0 Å². The summed E-state index contributed by atoms with van der Waals surface area (Å²) in [7, 11) is -3.84. The van der Waals surface area contributed by atoms with E-state index in [1.807, 2.05) is 0 Å². The second-order valence-electron chi connectivity index (χ2n) is 5.97. The Bertz CT molecular complexity index is 1000. The van der Waals surface area contributed by atoms with Crippen molar-refractivity contribution in [3.05, 3.63) is 64.4 Å². The Kier molecular flexibility index (Phi) is 6.54. The Hall–Kier alpha value is -2.47. The van der Waals surface area contributed by atoms with E-state index in [0.717, 1.165) is 6.07 Å². The van der Waals surface area contributed by atoms with Gasteiger partial charge < -0.3 is 5.32 Å². The zero-order valence-electron chi connectivity index (χ0n) is 14.5. The molecule has 2 rings (SSSR count). The smallest absolute Gasteiger partial charge is 0.254 e. The number of benzene rings is 2. The number of nitriles is 1. The average Bonchev–Trinajstić information content (AvgIpc) is 2.59. The first-order valence-electron chi connectivity index (χ1n) is 7.92. The molecule has 2 aromatic rings. The molecule has 2 aromatic carbocycles. The molecule has 0 heterocycles. The molecule has 0 saturated carbocycles. The number of amides is 1. The molecule has 0 aliphatic heterocycles. The van der Waals surface area contributed by atoms with Gasteiger partial charge in [-0.15, -0.1) is 0 Å². The lowest BCUT2D eigenvalue weighted by atomic mass is 10.1. The predicted octanol–water partition coefficient (Wildman–Crippen LogP) is 3.16. The minimum Gasteiger partial charge on any atom is -0.332 e. The van der Waals surface area contributed by atoms with Crippen LogP contribution in [-0.4, -0.2) is 20.4 Å². The van der Waals surface area contributed by atoms with Crippen molar-refractivity contribution >= 4 is 27.5 Å². The van der Waals surface area contributed by atoms with E-state index in [1.165, 1.54) is 36.4 Å². The van der Waals surface area contributed by atoms with Gasteiger partial charge in [0.15, 0.2) is 0 Å². The molecule has 0 fully saturated rings. The standard InChI is InChI=1S/C18H17ClFN3O3S/c1-11(2)23-27(25,26)12-7-8-15(19)14(9-12)18(24)22-17(10-21)13-5-3-4-6-16(13)20/h3-9,11,17,23H,1-2H3,(H,22,24). The van der Waals surface area contributed by atoms with Gasteiger partial charge in [0, 0.05) is 11.6 Å². The topological polar surface area (TPSA) is 99.1 Å². The lowest BCUT2D eigenvalue weighted by molar-refractivity contribution is 0.0944. The summed E-state index contributed by atoms with van der Waals surface area (Å²) in [5, 5.41) is 11.6. The zero-order valence-corrected chi connectivity index (χ0v) is 16.1. The summed E-state index contributed by atoms with van der Waals surface area (Å²) in [4.78, 5) is 12.4. The molecule has 0 aliphatic rings. The van der Waals surface area contributed by atoms with Crippen molar-refractivity contribution in [2.24, 2.45) is 0 Å². The molecule has 0 aliphatic carbocycles. The Morgan fingerprint density at radius 3 is 2.48 bits per heavy atom. The summed E-state index contributed by atoms with van der Waals surface area (Å²) in [5.41, 5.74) is -0.144. The first-order valence-corrected chi connectivity index (χ1v) is 9.78. The van der Waals surface area contributed by atoms with Gasteiger partial charge >= 0.3 is 0 Å². The first-order chi connectivity index (χ1) is 12.7. The van der Waals surface area contributed by atoms with Crippen molar-refractivity contribution in [1.29, 1.82) is 5.26 Å². The quantitative estimate of drug-likeness (QED) is 0.765. The number of sulfonamides is 1. The van der Waals surface area contributed by atoms with Gasteiger partial charge in [0.1, 0.15) is 11.9 Å². The van der Waals surface area contributed by atoms with Gasteiger partial charge in [-0.2, -0.15) is 5.26 Å². The molecule has 1 amide bonds. The van der Waals surface area contributed by atoms with Crippen LogP contribution >= 0.6 is 11.6 Å². The second-order valence-corrected chi connectivity index (χ2v) is 8.10. The molecule has 0 bridgehead atoms. The van der Waals surface area contributed by atoms with Gasteiger partial charge in [-0.1, -0.05) is 29.8 Å². The number of rotatable bonds is 6. The van der Waals surface area contributed by atoms with E-state index in [1.54, 1.807) is 19.9 Å². The van der Waals surface area contributed by atoms with Crippen molar-refractivity contribution in [2.75, 3.05) is 0 Å². The van der Waals surface area contributed by atoms with E-state index in [-0.39, 0.29) is 27.1 Å². The maximum absolute atomic E-state index is 13.9. The predicted molar refractivity (Wildman–Crippen MR) is 99.1 cm³/mol. The Labute approximate surface area is 162 Å². The summed E-state index contributed by atoms with van der Waals surface area (Å²) >= 11 is 6.02. The third-order valence-corrected chi connectivity index (χ3v) is 5.49. The van der Waals surface area contributed by atoms with Crippen LogP contribution in [0.5, 0.6) is 0 Å². The van der Waals surface area contributed by atoms with E-state index in [9.17, 15) is 22.9 Å². The maximum atomic E-state index is 13.9. The highest BCUT2D eigenvalue weighted by atomic mass is 35.5. The highest BCUT2D eigenvalue weighted by Gasteiger charge is 2.22. The van der Waals surface area contributed by atoms with Crippen molar-refractivity contribution in [2.45, 2.75) is 30.8 Å². The van der Waals surface area contributed by atoms with Crippen LogP contribution in [0.2, 0.25) is 5.02 Å². The molecule has 6 nitrogen and oxygen atoms in total. The number of nitrogens with one attached hydrogen (secondary N) is 2. The van der Waals surface area contributed by atoms with Crippen molar-refractivity contribution in [3.63, 3.8) is 0 Å². The SMILES string of the molecule is CC(C)NS(=O)(=O)c1ccc(Cl)c(C(=O)NC(C#N)c2ccccc2F)c1. The van der Waals surface area contributed by atoms with E-state index in [2.05, 4.69) is 10.0 Å². The Morgan fingerprint density at radius 1 is 1.22 bits per heavy atom. The number of halogens is 2. The van der Waals surface area contributed by atoms with E-state index >= 15 is 0 Å². The fraction of sp³-hybridized carbons (Fsp3) is 0.222. The summed E-state index contributed by atoms with van der Waals surface area (Å²) < 4.78 is 40.9. The Balaban J connectivity index is 2.35. The minimum atomic E-state index is -3.84. The Morgan fingerprint density at radius 2 is 1.89 bits per heavy atom. The van der Waals surface area contributed by atoms with Crippen LogP contribution in [0.25, 0.3) is 0 Å². The second kappa shape index (κ2) is 8.48.